The molecule has 2 amide bonds. The number of carbonyl (C=O) groups excluding carboxylic acids is 1. The van der Waals surface area contributed by atoms with E-state index in [9.17, 15) is 13.2 Å². The molecule has 11 heteroatoms. The number of urea groups is 1. The standard InChI is InChI=1S/C18H26N6O4S/c1-12(2)28-15-7-5-14(6-8-15)22-18(25)24-17-21-13(3)11-16(23-17)19-9-10-20-29(4,26)27/h5-8,11-12,20H,9-10H2,1-4H3,(H3,19,21,22,23,24,25). The van der Waals surface area contributed by atoms with Crippen LogP contribution in [-0.4, -0.2) is 49.9 Å². The molecule has 1 aromatic heterocycles. The molecule has 0 aliphatic rings. The number of carbonyl (C=O) groups is 1. The average Bonchev–Trinajstić information content (AvgIpc) is 2.58. The van der Waals surface area contributed by atoms with Gasteiger partial charge in [0.15, 0.2) is 0 Å². The number of nitrogens with zero attached hydrogens (tertiary/aromatic N) is 2. The quantitative estimate of drug-likeness (QED) is 0.455. The van der Waals surface area contributed by atoms with Crippen molar-refractivity contribution in [3.63, 3.8) is 0 Å². The lowest BCUT2D eigenvalue weighted by molar-refractivity contribution is 0.242. The van der Waals surface area contributed by atoms with Crippen LogP contribution in [0.2, 0.25) is 0 Å². The van der Waals surface area contributed by atoms with Crippen LogP contribution >= 0.6 is 0 Å². The Bertz CT molecular complexity index is 932. The predicted molar refractivity (Wildman–Crippen MR) is 113 cm³/mol. The number of sulfonamides is 1. The number of anilines is 3. The molecule has 0 aliphatic heterocycles. The first-order valence-electron chi connectivity index (χ1n) is 8.99. The molecule has 0 atom stereocenters. The normalized spacial score (nSPS) is 11.2. The maximum absolute atomic E-state index is 12.2. The van der Waals surface area contributed by atoms with Crippen molar-refractivity contribution in [2.24, 2.45) is 0 Å². The molecule has 0 fully saturated rings. The molecule has 4 N–H and O–H groups in total. The fourth-order valence-corrected chi connectivity index (χ4v) is 2.77. The number of nitrogens with one attached hydrogen (secondary N) is 4. The molecule has 158 valence electrons. The first kappa shape index (κ1) is 22.4. The minimum Gasteiger partial charge on any atom is -0.491 e. The van der Waals surface area contributed by atoms with Gasteiger partial charge in [-0.25, -0.2) is 22.9 Å². The van der Waals surface area contributed by atoms with Crippen LogP contribution in [0.3, 0.4) is 0 Å². The zero-order valence-corrected chi connectivity index (χ0v) is 17.6. The highest BCUT2D eigenvalue weighted by Crippen LogP contribution is 2.17. The monoisotopic (exact) mass is 422 g/mol. The maximum Gasteiger partial charge on any atom is 0.326 e. The first-order valence-corrected chi connectivity index (χ1v) is 10.9. The summed E-state index contributed by atoms with van der Waals surface area (Å²) in [7, 11) is -3.25. The van der Waals surface area contributed by atoms with Gasteiger partial charge in [-0.15, -0.1) is 0 Å². The molecule has 0 saturated carbocycles. The topological polar surface area (TPSA) is 134 Å². The summed E-state index contributed by atoms with van der Waals surface area (Å²) in [5, 5.41) is 8.25. The molecule has 2 aromatic rings. The van der Waals surface area contributed by atoms with Gasteiger partial charge in [0.1, 0.15) is 11.6 Å². The molecule has 0 saturated heterocycles. The average molecular weight is 423 g/mol. The Hall–Kier alpha value is -2.92. The van der Waals surface area contributed by atoms with Gasteiger partial charge in [-0.05, 0) is 45.0 Å². The van der Waals surface area contributed by atoms with Gasteiger partial charge in [-0.3, -0.25) is 5.32 Å². The summed E-state index contributed by atoms with van der Waals surface area (Å²) in [6.45, 7) is 6.18. The van der Waals surface area contributed by atoms with Crippen molar-refractivity contribution in [1.82, 2.24) is 14.7 Å². The summed E-state index contributed by atoms with van der Waals surface area (Å²) in [5.41, 5.74) is 1.24. The Balaban J connectivity index is 1.91. The van der Waals surface area contributed by atoms with E-state index in [2.05, 4.69) is 30.6 Å². The van der Waals surface area contributed by atoms with Crippen molar-refractivity contribution < 1.29 is 17.9 Å². The van der Waals surface area contributed by atoms with Crippen molar-refractivity contribution in [3.8, 4) is 5.75 Å². The van der Waals surface area contributed by atoms with Gasteiger partial charge in [-0.1, -0.05) is 0 Å². The Kier molecular flexibility index (Phi) is 7.74. The number of rotatable bonds is 9. The molecule has 0 spiro atoms. The molecule has 0 radical (unpaired) electrons. The van der Waals surface area contributed by atoms with Crippen LogP contribution in [0.25, 0.3) is 0 Å². The van der Waals surface area contributed by atoms with E-state index < -0.39 is 16.1 Å². The van der Waals surface area contributed by atoms with Crippen LogP contribution in [0.1, 0.15) is 19.5 Å². The molecular formula is C18H26N6O4S. The maximum atomic E-state index is 12.2. The summed E-state index contributed by atoms with van der Waals surface area (Å²) in [4.78, 5) is 20.6. The van der Waals surface area contributed by atoms with E-state index in [-0.39, 0.29) is 18.6 Å². The summed E-state index contributed by atoms with van der Waals surface area (Å²) in [6.07, 6.45) is 1.16. The highest BCUT2D eigenvalue weighted by molar-refractivity contribution is 7.88. The Labute approximate surface area is 170 Å². The molecule has 1 heterocycles. The van der Waals surface area contributed by atoms with Gasteiger partial charge in [0, 0.05) is 30.5 Å². The van der Waals surface area contributed by atoms with Crippen LogP contribution < -0.4 is 25.4 Å². The smallest absolute Gasteiger partial charge is 0.326 e. The number of hydrogen-bond donors (Lipinski definition) is 4. The van der Waals surface area contributed by atoms with Crippen LogP contribution in [-0.2, 0) is 10.0 Å². The van der Waals surface area contributed by atoms with Gasteiger partial charge in [0.05, 0.1) is 12.4 Å². The lowest BCUT2D eigenvalue weighted by Crippen LogP contribution is -2.28. The lowest BCUT2D eigenvalue weighted by Gasteiger charge is -2.12. The van der Waals surface area contributed by atoms with Crippen molar-refractivity contribution in [2.75, 3.05) is 35.3 Å². The van der Waals surface area contributed by atoms with Gasteiger partial charge >= 0.3 is 6.03 Å². The van der Waals surface area contributed by atoms with E-state index in [1.165, 1.54) is 0 Å². The van der Waals surface area contributed by atoms with E-state index in [1.807, 2.05) is 13.8 Å². The summed E-state index contributed by atoms with van der Waals surface area (Å²) in [5.74, 6) is 1.31. The SMILES string of the molecule is Cc1cc(NCCNS(C)(=O)=O)nc(NC(=O)Nc2ccc(OC(C)C)cc2)n1. The minimum atomic E-state index is -3.25. The number of aryl methyl sites for hydroxylation is 1. The molecule has 0 unspecified atom stereocenters. The summed E-state index contributed by atoms with van der Waals surface area (Å²) in [6, 6.07) is 8.21. The van der Waals surface area contributed by atoms with E-state index >= 15 is 0 Å². The highest BCUT2D eigenvalue weighted by atomic mass is 32.2. The first-order chi connectivity index (χ1) is 13.6. The third kappa shape index (κ3) is 8.75. The Morgan fingerprint density at radius 1 is 1.10 bits per heavy atom. The minimum absolute atomic E-state index is 0.0699. The van der Waals surface area contributed by atoms with Crippen molar-refractivity contribution in [3.05, 3.63) is 36.0 Å². The van der Waals surface area contributed by atoms with E-state index in [1.54, 1.807) is 37.3 Å². The van der Waals surface area contributed by atoms with Gasteiger partial charge in [0.2, 0.25) is 16.0 Å². The Morgan fingerprint density at radius 2 is 1.79 bits per heavy atom. The molecular weight excluding hydrogens is 396 g/mol. The third-order valence-corrected chi connectivity index (χ3v) is 4.09. The van der Waals surface area contributed by atoms with E-state index in [0.717, 1.165) is 6.26 Å². The predicted octanol–water partition coefficient (Wildman–Crippen LogP) is 2.18. The molecule has 0 bridgehead atoms. The fraction of sp³-hybridized carbons (Fsp3) is 0.389. The number of amides is 2. The molecule has 29 heavy (non-hydrogen) atoms. The number of hydrogen-bond acceptors (Lipinski definition) is 7. The van der Waals surface area contributed by atoms with Gasteiger partial charge < -0.3 is 15.4 Å². The number of aromatic nitrogens is 2. The number of ether oxygens (including phenoxy) is 1. The fourth-order valence-electron chi connectivity index (χ4n) is 2.29. The Morgan fingerprint density at radius 3 is 2.41 bits per heavy atom. The lowest BCUT2D eigenvalue weighted by atomic mass is 10.3. The zero-order chi connectivity index (χ0) is 21.4. The molecule has 0 aliphatic carbocycles. The van der Waals surface area contributed by atoms with Crippen LogP contribution in [0.15, 0.2) is 30.3 Å². The van der Waals surface area contributed by atoms with E-state index in [4.69, 9.17) is 4.74 Å². The highest BCUT2D eigenvalue weighted by Gasteiger charge is 2.08. The van der Waals surface area contributed by atoms with Gasteiger partial charge in [-0.2, -0.15) is 4.98 Å². The van der Waals surface area contributed by atoms with Crippen molar-refractivity contribution in [2.45, 2.75) is 26.9 Å². The van der Waals surface area contributed by atoms with Crippen LogP contribution in [0.4, 0.5) is 22.2 Å². The summed E-state index contributed by atoms with van der Waals surface area (Å²) >= 11 is 0. The molecule has 10 nitrogen and oxygen atoms in total. The van der Waals surface area contributed by atoms with Crippen molar-refractivity contribution >= 4 is 33.5 Å². The second-order valence-electron chi connectivity index (χ2n) is 6.58. The second kappa shape index (κ2) is 10.0. The zero-order valence-electron chi connectivity index (χ0n) is 16.8. The second-order valence-corrected chi connectivity index (χ2v) is 8.41. The van der Waals surface area contributed by atoms with Crippen molar-refractivity contribution in [1.29, 1.82) is 0 Å². The third-order valence-electron chi connectivity index (χ3n) is 3.36. The van der Waals surface area contributed by atoms with Gasteiger partial charge in [0.25, 0.3) is 0 Å². The molecule has 2 rings (SSSR count). The van der Waals surface area contributed by atoms with Crippen LogP contribution in [0.5, 0.6) is 5.75 Å². The summed E-state index contributed by atoms with van der Waals surface area (Å²) < 4.78 is 30.1. The van der Waals surface area contributed by atoms with E-state index in [0.29, 0.717) is 29.5 Å². The number of benzene rings is 1. The largest absolute Gasteiger partial charge is 0.491 e. The van der Waals surface area contributed by atoms with Crippen LogP contribution in [0, 0.1) is 6.92 Å². The molecule has 1 aromatic carbocycles.